The molecule has 0 radical (unpaired) electrons. The Morgan fingerprint density at radius 1 is 1.21 bits per heavy atom. The maximum Gasteiger partial charge on any atom is 0.276 e. The van der Waals surface area contributed by atoms with E-state index in [1.807, 2.05) is 4.68 Å². The van der Waals surface area contributed by atoms with E-state index in [4.69, 9.17) is 10.5 Å². The molecule has 1 aromatic heterocycles. The van der Waals surface area contributed by atoms with E-state index in [0.29, 0.717) is 22.8 Å². The van der Waals surface area contributed by atoms with E-state index >= 15 is 0 Å². The van der Waals surface area contributed by atoms with Gasteiger partial charge in [-0.05, 0) is 61.6 Å². The minimum absolute atomic E-state index is 0.216. The highest BCUT2D eigenvalue weighted by atomic mass is 16.5. The SMILES string of the molecule is CCc1ccc(-n2nc(C(=O)Nc3ccc(OC)c(N)c3)c3c2CCC3)cc1. The van der Waals surface area contributed by atoms with Crippen molar-refractivity contribution >= 4 is 17.3 Å². The van der Waals surface area contributed by atoms with Crippen LogP contribution in [0.4, 0.5) is 11.4 Å². The number of nitrogen functional groups attached to an aromatic ring is 1. The molecule has 6 heteroatoms. The number of benzene rings is 2. The zero-order chi connectivity index (χ0) is 19.7. The fourth-order valence-corrected chi connectivity index (χ4v) is 3.71. The van der Waals surface area contributed by atoms with Gasteiger partial charge in [0.15, 0.2) is 5.69 Å². The van der Waals surface area contributed by atoms with Crippen LogP contribution < -0.4 is 15.8 Å². The van der Waals surface area contributed by atoms with Crippen molar-refractivity contribution in [2.24, 2.45) is 0 Å². The molecule has 28 heavy (non-hydrogen) atoms. The van der Waals surface area contributed by atoms with Crippen LogP contribution in [0.5, 0.6) is 5.75 Å². The van der Waals surface area contributed by atoms with Crippen LogP contribution in [0.15, 0.2) is 42.5 Å². The van der Waals surface area contributed by atoms with E-state index in [1.54, 1.807) is 25.3 Å². The molecule has 1 amide bonds. The van der Waals surface area contributed by atoms with E-state index < -0.39 is 0 Å². The Morgan fingerprint density at radius 2 is 2.00 bits per heavy atom. The molecule has 144 valence electrons. The highest BCUT2D eigenvalue weighted by Gasteiger charge is 2.27. The number of fused-ring (bicyclic) bond motifs is 1. The molecule has 6 nitrogen and oxygen atoms in total. The number of carbonyl (C=O) groups is 1. The third kappa shape index (κ3) is 3.22. The van der Waals surface area contributed by atoms with Crippen molar-refractivity contribution in [3.05, 3.63) is 65.0 Å². The van der Waals surface area contributed by atoms with Crippen molar-refractivity contribution in [1.82, 2.24) is 9.78 Å². The van der Waals surface area contributed by atoms with Crippen molar-refractivity contribution in [2.45, 2.75) is 32.6 Å². The van der Waals surface area contributed by atoms with Gasteiger partial charge in [-0.15, -0.1) is 0 Å². The standard InChI is InChI=1S/C22H24N4O2/c1-3-14-7-10-16(11-8-14)26-19-6-4-5-17(19)21(25-26)22(27)24-15-9-12-20(28-2)18(23)13-15/h7-13H,3-6,23H2,1-2H3,(H,24,27). The fourth-order valence-electron chi connectivity index (χ4n) is 3.71. The van der Waals surface area contributed by atoms with Crippen molar-refractivity contribution in [1.29, 1.82) is 0 Å². The number of anilines is 2. The molecule has 1 aliphatic carbocycles. The summed E-state index contributed by atoms with van der Waals surface area (Å²) in [7, 11) is 1.56. The quantitative estimate of drug-likeness (QED) is 0.664. The van der Waals surface area contributed by atoms with E-state index in [9.17, 15) is 4.79 Å². The lowest BCUT2D eigenvalue weighted by Crippen LogP contribution is -2.15. The summed E-state index contributed by atoms with van der Waals surface area (Å²) in [5, 5.41) is 7.57. The van der Waals surface area contributed by atoms with Crippen molar-refractivity contribution < 1.29 is 9.53 Å². The van der Waals surface area contributed by atoms with Gasteiger partial charge in [0.1, 0.15) is 5.75 Å². The van der Waals surface area contributed by atoms with Gasteiger partial charge in [0, 0.05) is 16.9 Å². The van der Waals surface area contributed by atoms with E-state index in [0.717, 1.165) is 42.6 Å². The molecule has 0 bridgehead atoms. The number of ether oxygens (including phenoxy) is 1. The largest absolute Gasteiger partial charge is 0.495 e. The first-order valence-corrected chi connectivity index (χ1v) is 9.55. The third-order valence-electron chi connectivity index (χ3n) is 5.22. The predicted octanol–water partition coefficient (Wildman–Crippen LogP) is 3.77. The number of hydrogen-bond acceptors (Lipinski definition) is 4. The van der Waals surface area contributed by atoms with Gasteiger partial charge in [-0.3, -0.25) is 4.79 Å². The number of methoxy groups -OCH3 is 1. The highest BCUT2D eigenvalue weighted by Crippen LogP contribution is 2.29. The Hall–Kier alpha value is -3.28. The van der Waals surface area contributed by atoms with Gasteiger partial charge >= 0.3 is 0 Å². The van der Waals surface area contributed by atoms with Crippen molar-refractivity contribution in [3.63, 3.8) is 0 Å². The molecular weight excluding hydrogens is 352 g/mol. The maximum absolute atomic E-state index is 12.9. The van der Waals surface area contributed by atoms with Gasteiger partial charge in [-0.2, -0.15) is 5.10 Å². The first-order valence-electron chi connectivity index (χ1n) is 9.55. The molecule has 4 rings (SSSR count). The first-order chi connectivity index (χ1) is 13.6. The molecule has 2 aromatic carbocycles. The molecule has 0 atom stereocenters. The number of nitrogens with two attached hydrogens (primary N) is 1. The van der Waals surface area contributed by atoms with Gasteiger partial charge in [-0.25, -0.2) is 4.68 Å². The number of nitrogens with one attached hydrogen (secondary N) is 1. The van der Waals surface area contributed by atoms with Crippen LogP contribution in [0, 0.1) is 0 Å². The smallest absolute Gasteiger partial charge is 0.276 e. The zero-order valence-electron chi connectivity index (χ0n) is 16.2. The Kier molecular flexibility index (Phi) is 4.77. The number of nitrogens with zero attached hydrogens (tertiary/aromatic N) is 2. The molecule has 1 aliphatic rings. The fraction of sp³-hybridized carbons (Fsp3) is 0.273. The zero-order valence-corrected chi connectivity index (χ0v) is 16.2. The summed E-state index contributed by atoms with van der Waals surface area (Å²) in [6.45, 7) is 2.13. The number of rotatable bonds is 5. The second-order valence-corrected chi connectivity index (χ2v) is 6.97. The maximum atomic E-state index is 12.9. The third-order valence-corrected chi connectivity index (χ3v) is 5.22. The Morgan fingerprint density at radius 3 is 2.68 bits per heavy atom. The molecule has 0 fully saturated rings. The number of carbonyl (C=O) groups excluding carboxylic acids is 1. The summed E-state index contributed by atoms with van der Waals surface area (Å²) in [5.41, 5.74) is 12.0. The summed E-state index contributed by atoms with van der Waals surface area (Å²) in [6, 6.07) is 13.6. The second kappa shape index (κ2) is 7.38. The van der Waals surface area contributed by atoms with Gasteiger partial charge < -0.3 is 15.8 Å². The van der Waals surface area contributed by atoms with E-state index in [2.05, 4.69) is 41.6 Å². The van der Waals surface area contributed by atoms with Gasteiger partial charge in [0.05, 0.1) is 18.5 Å². The van der Waals surface area contributed by atoms with Crippen molar-refractivity contribution in [3.8, 4) is 11.4 Å². The lowest BCUT2D eigenvalue weighted by atomic mass is 10.1. The molecule has 0 unspecified atom stereocenters. The van der Waals surface area contributed by atoms with Crippen LogP contribution in [0.3, 0.4) is 0 Å². The first kappa shape index (κ1) is 18.1. The van der Waals surface area contributed by atoms with Gasteiger partial charge in [-0.1, -0.05) is 19.1 Å². The molecule has 3 N–H and O–H groups in total. The lowest BCUT2D eigenvalue weighted by Gasteiger charge is -2.08. The highest BCUT2D eigenvalue weighted by molar-refractivity contribution is 6.04. The summed E-state index contributed by atoms with van der Waals surface area (Å²) in [4.78, 5) is 12.9. The Balaban J connectivity index is 1.64. The summed E-state index contributed by atoms with van der Waals surface area (Å²) < 4.78 is 7.08. The number of amides is 1. The van der Waals surface area contributed by atoms with E-state index in [1.165, 1.54) is 5.56 Å². The number of aromatic nitrogens is 2. The lowest BCUT2D eigenvalue weighted by molar-refractivity contribution is 0.102. The normalized spacial score (nSPS) is 12.6. The van der Waals surface area contributed by atoms with Crippen LogP contribution in [0.25, 0.3) is 5.69 Å². The molecule has 0 aliphatic heterocycles. The molecular formula is C22H24N4O2. The molecule has 3 aromatic rings. The molecule has 1 heterocycles. The minimum atomic E-state index is -0.216. The van der Waals surface area contributed by atoms with Crippen LogP contribution in [0.2, 0.25) is 0 Å². The topological polar surface area (TPSA) is 82.2 Å². The second-order valence-electron chi connectivity index (χ2n) is 6.97. The average Bonchev–Trinajstić information content (AvgIpc) is 3.31. The van der Waals surface area contributed by atoms with Crippen molar-refractivity contribution in [2.75, 3.05) is 18.2 Å². The average molecular weight is 376 g/mol. The number of hydrogen-bond donors (Lipinski definition) is 2. The Bertz CT molecular complexity index is 1020. The summed E-state index contributed by atoms with van der Waals surface area (Å²) in [5.74, 6) is 0.366. The minimum Gasteiger partial charge on any atom is -0.495 e. The van der Waals surface area contributed by atoms with Crippen LogP contribution in [0.1, 0.15) is 40.7 Å². The predicted molar refractivity (Wildman–Crippen MR) is 110 cm³/mol. The summed E-state index contributed by atoms with van der Waals surface area (Å²) >= 11 is 0. The van der Waals surface area contributed by atoms with Crippen LogP contribution >= 0.6 is 0 Å². The van der Waals surface area contributed by atoms with Gasteiger partial charge in [0.2, 0.25) is 0 Å². The molecule has 0 spiro atoms. The van der Waals surface area contributed by atoms with Crippen LogP contribution in [-0.2, 0) is 19.3 Å². The molecule has 0 saturated heterocycles. The summed E-state index contributed by atoms with van der Waals surface area (Å²) in [6.07, 6.45) is 3.84. The van der Waals surface area contributed by atoms with Crippen LogP contribution in [-0.4, -0.2) is 22.8 Å². The van der Waals surface area contributed by atoms with E-state index in [-0.39, 0.29) is 5.91 Å². The molecule has 0 saturated carbocycles. The van der Waals surface area contributed by atoms with Gasteiger partial charge in [0.25, 0.3) is 5.91 Å². The monoisotopic (exact) mass is 376 g/mol. The number of aryl methyl sites for hydroxylation is 1. The Labute approximate surface area is 164 Å².